The van der Waals surface area contributed by atoms with E-state index in [0.29, 0.717) is 24.6 Å². The lowest BCUT2D eigenvalue weighted by Gasteiger charge is -2.32. The Morgan fingerprint density at radius 2 is 1.81 bits per heavy atom. The summed E-state index contributed by atoms with van der Waals surface area (Å²) in [5.74, 6) is 1.24. The molecular weight excluding hydrogens is 416 g/mol. The minimum absolute atomic E-state index is 0.0869. The van der Waals surface area contributed by atoms with Crippen molar-refractivity contribution in [2.24, 2.45) is 5.92 Å². The van der Waals surface area contributed by atoms with Gasteiger partial charge in [-0.3, -0.25) is 4.79 Å². The molecule has 1 heterocycles. The van der Waals surface area contributed by atoms with Gasteiger partial charge >= 0.3 is 0 Å². The highest BCUT2D eigenvalue weighted by molar-refractivity contribution is 7.89. The van der Waals surface area contributed by atoms with Crippen LogP contribution in [0.1, 0.15) is 28.8 Å². The van der Waals surface area contributed by atoms with Crippen molar-refractivity contribution in [2.45, 2.75) is 24.2 Å². The molecule has 0 atom stereocenters. The third-order valence-corrected chi connectivity index (χ3v) is 7.03. The van der Waals surface area contributed by atoms with Crippen LogP contribution in [0.25, 0.3) is 0 Å². The molecule has 0 unspecified atom stereocenters. The van der Waals surface area contributed by atoms with Crippen LogP contribution >= 0.6 is 0 Å². The van der Waals surface area contributed by atoms with Crippen LogP contribution in [-0.4, -0.2) is 59.7 Å². The number of nitrogens with one attached hydrogen (secondary N) is 1. The number of methoxy groups -OCH3 is 2. The molecule has 0 aliphatic carbocycles. The number of amides is 1. The Morgan fingerprint density at radius 1 is 1.10 bits per heavy atom. The van der Waals surface area contributed by atoms with Gasteiger partial charge in [-0.25, -0.2) is 13.1 Å². The standard InChI is InChI=1S/C23H30N2O5S/c1-29-15-12-24-31(27,28)22-5-3-4-20(17-22)23(26)25-13-10-19(11-14-25)16-18-6-8-21(30-2)9-7-18/h3-9,17,19,24H,10-16H2,1-2H3. The average Bonchev–Trinajstić information content (AvgIpc) is 2.80. The fourth-order valence-electron chi connectivity index (χ4n) is 3.78. The number of benzene rings is 2. The minimum Gasteiger partial charge on any atom is -0.497 e. The second-order valence-electron chi connectivity index (χ2n) is 7.71. The number of rotatable bonds is 9. The Kier molecular flexibility index (Phi) is 8.06. The molecule has 0 saturated carbocycles. The number of sulfonamides is 1. The maximum atomic E-state index is 13.0. The van der Waals surface area contributed by atoms with E-state index in [0.717, 1.165) is 25.0 Å². The number of hydrogen-bond acceptors (Lipinski definition) is 5. The highest BCUT2D eigenvalue weighted by Crippen LogP contribution is 2.24. The summed E-state index contributed by atoms with van der Waals surface area (Å²) in [5.41, 5.74) is 1.66. The number of carbonyl (C=O) groups excluding carboxylic acids is 1. The first kappa shape index (κ1) is 23.2. The summed E-state index contributed by atoms with van der Waals surface area (Å²) in [6.07, 6.45) is 2.83. The van der Waals surface area contributed by atoms with Crippen molar-refractivity contribution in [3.05, 3.63) is 59.7 Å². The molecular formula is C23H30N2O5S. The normalized spacial score (nSPS) is 15.1. The lowest BCUT2D eigenvalue weighted by molar-refractivity contribution is 0.0690. The Hall–Kier alpha value is -2.42. The van der Waals surface area contributed by atoms with Gasteiger partial charge in [-0.15, -0.1) is 0 Å². The van der Waals surface area contributed by atoms with E-state index in [1.165, 1.54) is 24.8 Å². The van der Waals surface area contributed by atoms with Crippen molar-refractivity contribution < 1.29 is 22.7 Å². The number of carbonyl (C=O) groups is 1. The van der Waals surface area contributed by atoms with Crippen LogP contribution in [0.2, 0.25) is 0 Å². The number of ether oxygens (including phenoxy) is 2. The Balaban J connectivity index is 1.57. The largest absolute Gasteiger partial charge is 0.497 e. The van der Waals surface area contributed by atoms with E-state index in [1.807, 2.05) is 17.0 Å². The van der Waals surface area contributed by atoms with Crippen molar-refractivity contribution in [1.29, 1.82) is 0 Å². The Bertz CT molecular complexity index is 968. The number of hydrogen-bond donors (Lipinski definition) is 1. The van der Waals surface area contributed by atoms with Crippen molar-refractivity contribution in [3.63, 3.8) is 0 Å². The summed E-state index contributed by atoms with van der Waals surface area (Å²) < 4.78 is 37.4. The maximum absolute atomic E-state index is 13.0. The zero-order valence-electron chi connectivity index (χ0n) is 18.0. The van der Waals surface area contributed by atoms with Gasteiger partial charge in [-0.05, 0) is 61.1 Å². The van der Waals surface area contributed by atoms with E-state index in [2.05, 4.69) is 16.9 Å². The lowest BCUT2D eigenvalue weighted by Crippen LogP contribution is -2.39. The predicted octanol–water partition coefficient (Wildman–Crippen LogP) is 2.71. The van der Waals surface area contributed by atoms with Gasteiger partial charge < -0.3 is 14.4 Å². The molecule has 3 rings (SSSR count). The summed E-state index contributed by atoms with van der Waals surface area (Å²) >= 11 is 0. The second-order valence-corrected chi connectivity index (χ2v) is 9.47. The fourth-order valence-corrected chi connectivity index (χ4v) is 4.83. The van der Waals surface area contributed by atoms with Crippen LogP contribution < -0.4 is 9.46 Å². The Labute approximate surface area is 184 Å². The van der Waals surface area contributed by atoms with E-state index in [9.17, 15) is 13.2 Å². The molecule has 2 aromatic carbocycles. The van der Waals surface area contributed by atoms with Crippen LogP contribution in [0, 0.1) is 5.92 Å². The van der Waals surface area contributed by atoms with Gasteiger partial charge in [0, 0.05) is 32.3 Å². The molecule has 0 spiro atoms. The summed E-state index contributed by atoms with van der Waals surface area (Å²) in [5, 5.41) is 0. The number of piperidine rings is 1. The third kappa shape index (κ3) is 6.29. The molecule has 168 valence electrons. The molecule has 0 aromatic heterocycles. The SMILES string of the molecule is COCCNS(=O)(=O)c1cccc(C(=O)N2CCC(Cc3ccc(OC)cc3)CC2)c1. The smallest absolute Gasteiger partial charge is 0.253 e. The fraction of sp³-hybridized carbons (Fsp3) is 0.435. The number of nitrogens with zero attached hydrogens (tertiary/aromatic N) is 1. The van der Waals surface area contributed by atoms with Crippen LogP contribution in [0.3, 0.4) is 0 Å². The summed E-state index contributed by atoms with van der Waals surface area (Å²) in [4.78, 5) is 14.9. The predicted molar refractivity (Wildman–Crippen MR) is 119 cm³/mol. The molecule has 8 heteroatoms. The summed E-state index contributed by atoms with van der Waals surface area (Å²) in [7, 11) is -0.512. The van der Waals surface area contributed by atoms with Gasteiger partial charge in [0.2, 0.25) is 10.0 Å². The molecule has 1 saturated heterocycles. The quantitative estimate of drug-likeness (QED) is 0.599. The van der Waals surface area contributed by atoms with E-state index in [4.69, 9.17) is 9.47 Å². The van der Waals surface area contributed by atoms with Gasteiger partial charge in [0.15, 0.2) is 0 Å². The van der Waals surface area contributed by atoms with Crippen LogP contribution in [0.4, 0.5) is 0 Å². The van der Waals surface area contributed by atoms with Crippen LogP contribution in [-0.2, 0) is 21.2 Å². The first-order chi connectivity index (χ1) is 14.9. The van der Waals surface area contributed by atoms with Gasteiger partial charge in [0.05, 0.1) is 18.6 Å². The topological polar surface area (TPSA) is 84.9 Å². The molecule has 31 heavy (non-hydrogen) atoms. The zero-order chi connectivity index (χ0) is 22.3. The molecule has 1 N–H and O–H groups in total. The average molecular weight is 447 g/mol. The molecule has 0 radical (unpaired) electrons. The van der Waals surface area contributed by atoms with E-state index in [1.54, 1.807) is 19.2 Å². The van der Waals surface area contributed by atoms with Crippen LogP contribution in [0.15, 0.2) is 53.4 Å². The van der Waals surface area contributed by atoms with Crippen molar-refractivity contribution in [3.8, 4) is 5.75 Å². The first-order valence-corrected chi connectivity index (χ1v) is 11.9. The minimum atomic E-state index is -3.68. The molecule has 1 aliphatic rings. The molecule has 2 aromatic rings. The lowest BCUT2D eigenvalue weighted by atomic mass is 9.90. The first-order valence-electron chi connectivity index (χ1n) is 10.4. The second kappa shape index (κ2) is 10.7. The van der Waals surface area contributed by atoms with Crippen LogP contribution in [0.5, 0.6) is 5.75 Å². The molecule has 1 amide bonds. The summed E-state index contributed by atoms with van der Waals surface area (Å²) in [6.45, 7) is 1.80. The van der Waals surface area contributed by atoms with Crippen molar-refractivity contribution in [2.75, 3.05) is 40.5 Å². The van der Waals surface area contributed by atoms with Crippen molar-refractivity contribution in [1.82, 2.24) is 9.62 Å². The van der Waals surface area contributed by atoms with Gasteiger partial charge in [-0.1, -0.05) is 18.2 Å². The van der Waals surface area contributed by atoms with Crippen molar-refractivity contribution >= 4 is 15.9 Å². The molecule has 0 bridgehead atoms. The van der Waals surface area contributed by atoms with Gasteiger partial charge in [-0.2, -0.15) is 0 Å². The Morgan fingerprint density at radius 3 is 2.45 bits per heavy atom. The summed E-state index contributed by atoms with van der Waals surface area (Å²) in [6, 6.07) is 14.3. The molecule has 1 aliphatic heterocycles. The zero-order valence-corrected chi connectivity index (χ0v) is 18.9. The maximum Gasteiger partial charge on any atom is 0.253 e. The monoisotopic (exact) mass is 446 g/mol. The molecule has 1 fully saturated rings. The highest BCUT2D eigenvalue weighted by atomic mass is 32.2. The van der Waals surface area contributed by atoms with Gasteiger partial charge in [0.25, 0.3) is 5.91 Å². The van der Waals surface area contributed by atoms with E-state index >= 15 is 0 Å². The molecule has 7 nitrogen and oxygen atoms in total. The van der Waals surface area contributed by atoms with Gasteiger partial charge in [0.1, 0.15) is 5.75 Å². The van der Waals surface area contributed by atoms with E-state index in [-0.39, 0.29) is 24.0 Å². The third-order valence-electron chi connectivity index (χ3n) is 5.57. The van der Waals surface area contributed by atoms with E-state index < -0.39 is 10.0 Å². The highest BCUT2D eigenvalue weighted by Gasteiger charge is 2.25. The number of likely N-dealkylation sites (tertiary alicyclic amines) is 1.